The SMILES string of the molecule is Cc1ccc2c(/C=C/C(=O)O)c(C)n(C)c2c1. The molecule has 0 saturated heterocycles. The maximum Gasteiger partial charge on any atom is 0.328 e. The van der Waals surface area contributed by atoms with E-state index in [1.54, 1.807) is 6.08 Å². The van der Waals surface area contributed by atoms with Gasteiger partial charge in [0.05, 0.1) is 0 Å². The molecule has 88 valence electrons. The van der Waals surface area contributed by atoms with E-state index in [1.807, 2.05) is 26.1 Å². The molecular weight excluding hydrogens is 214 g/mol. The molecule has 0 aliphatic rings. The zero-order valence-electron chi connectivity index (χ0n) is 10.2. The van der Waals surface area contributed by atoms with Crippen LogP contribution < -0.4 is 0 Å². The Balaban J connectivity index is 2.71. The van der Waals surface area contributed by atoms with E-state index < -0.39 is 5.97 Å². The lowest BCUT2D eigenvalue weighted by Crippen LogP contribution is -1.91. The van der Waals surface area contributed by atoms with Crippen LogP contribution in [0.25, 0.3) is 17.0 Å². The molecule has 1 heterocycles. The van der Waals surface area contributed by atoms with Gasteiger partial charge in [-0.05, 0) is 31.6 Å². The first-order valence-corrected chi connectivity index (χ1v) is 5.47. The zero-order chi connectivity index (χ0) is 12.6. The molecule has 0 saturated carbocycles. The number of benzene rings is 1. The Morgan fingerprint density at radius 1 is 1.35 bits per heavy atom. The van der Waals surface area contributed by atoms with Crippen LogP contribution in [0.15, 0.2) is 24.3 Å². The van der Waals surface area contributed by atoms with Crippen LogP contribution in [0.5, 0.6) is 0 Å². The van der Waals surface area contributed by atoms with Crippen LogP contribution in [-0.4, -0.2) is 15.6 Å². The average Bonchev–Trinajstić information content (AvgIpc) is 2.50. The van der Waals surface area contributed by atoms with Gasteiger partial charge in [-0.15, -0.1) is 0 Å². The molecule has 0 unspecified atom stereocenters. The second-order valence-electron chi connectivity index (χ2n) is 4.25. The van der Waals surface area contributed by atoms with Gasteiger partial charge in [0.2, 0.25) is 0 Å². The predicted octanol–water partition coefficient (Wildman–Crippen LogP) is 2.89. The number of aromatic nitrogens is 1. The third-order valence-corrected chi connectivity index (χ3v) is 3.09. The molecule has 0 fully saturated rings. The van der Waals surface area contributed by atoms with Gasteiger partial charge in [0.25, 0.3) is 0 Å². The maximum atomic E-state index is 10.6. The summed E-state index contributed by atoms with van der Waals surface area (Å²) in [6.45, 7) is 4.05. The highest BCUT2D eigenvalue weighted by Gasteiger charge is 2.09. The molecule has 0 bridgehead atoms. The van der Waals surface area contributed by atoms with Gasteiger partial charge in [0, 0.05) is 35.3 Å². The van der Waals surface area contributed by atoms with E-state index in [2.05, 4.69) is 17.6 Å². The maximum absolute atomic E-state index is 10.6. The second-order valence-corrected chi connectivity index (χ2v) is 4.25. The Kier molecular flexibility index (Phi) is 2.76. The summed E-state index contributed by atoms with van der Waals surface area (Å²) in [6.07, 6.45) is 2.84. The van der Waals surface area contributed by atoms with Crippen LogP contribution >= 0.6 is 0 Å². The van der Waals surface area contributed by atoms with Crippen molar-refractivity contribution in [2.45, 2.75) is 13.8 Å². The molecule has 2 rings (SSSR count). The summed E-state index contributed by atoms with van der Waals surface area (Å²) in [7, 11) is 2.00. The first-order valence-electron chi connectivity index (χ1n) is 5.47. The molecule has 0 radical (unpaired) electrons. The van der Waals surface area contributed by atoms with Crippen molar-refractivity contribution in [2.75, 3.05) is 0 Å². The van der Waals surface area contributed by atoms with Crippen LogP contribution in [0.4, 0.5) is 0 Å². The molecule has 1 aromatic carbocycles. The minimum absolute atomic E-state index is 0.923. The Morgan fingerprint density at radius 2 is 2.06 bits per heavy atom. The van der Waals surface area contributed by atoms with Crippen LogP contribution in [-0.2, 0) is 11.8 Å². The fourth-order valence-corrected chi connectivity index (χ4v) is 2.07. The van der Waals surface area contributed by atoms with Crippen molar-refractivity contribution in [3.8, 4) is 0 Å². The lowest BCUT2D eigenvalue weighted by atomic mass is 10.1. The summed E-state index contributed by atoms with van der Waals surface area (Å²) in [6, 6.07) is 6.19. The average molecular weight is 229 g/mol. The minimum atomic E-state index is -0.923. The Hall–Kier alpha value is -2.03. The number of hydrogen-bond acceptors (Lipinski definition) is 1. The summed E-state index contributed by atoms with van der Waals surface area (Å²) < 4.78 is 2.09. The quantitative estimate of drug-likeness (QED) is 0.804. The van der Waals surface area contributed by atoms with Gasteiger partial charge >= 0.3 is 5.97 Å². The topological polar surface area (TPSA) is 42.2 Å². The third-order valence-electron chi connectivity index (χ3n) is 3.09. The third kappa shape index (κ3) is 1.96. The molecule has 0 atom stereocenters. The second kappa shape index (κ2) is 4.09. The first-order chi connectivity index (χ1) is 8.00. The minimum Gasteiger partial charge on any atom is -0.478 e. The summed E-state index contributed by atoms with van der Waals surface area (Å²) in [4.78, 5) is 10.6. The monoisotopic (exact) mass is 229 g/mol. The molecule has 0 spiro atoms. The molecule has 2 aromatic rings. The molecular formula is C14H15NO2. The molecule has 3 nitrogen and oxygen atoms in total. The predicted molar refractivity (Wildman–Crippen MR) is 69.1 cm³/mol. The summed E-state index contributed by atoms with van der Waals surface area (Å²) >= 11 is 0. The van der Waals surface area contributed by atoms with Crippen molar-refractivity contribution in [3.63, 3.8) is 0 Å². The molecule has 1 N–H and O–H groups in total. The van der Waals surface area contributed by atoms with E-state index in [1.165, 1.54) is 11.6 Å². The van der Waals surface area contributed by atoms with Crippen molar-refractivity contribution in [1.82, 2.24) is 4.57 Å². The normalized spacial score (nSPS) is 11.5. The van der Waals surface area contributed by atoms with Crippen molar-refractivity contribution in [1.29, 1.82) is 0 Å². The van der Waals surface area contributed by atoms with E-state index in [0.29, 0.717) is 0 Å². The van der Waals surface area contributed by atoms with Crippen LogP contribution in [0.2, 0.25) is 0 Å². The number of hydrogen-bond donors (Lipinski definition) is 1. The lowest BCUT2D eigenvalue weighted by Gasteiger charge is -1.98. The van der Waals surface area contributed by atoms with Crippen LogP contribution in [0, 0.1) is 13.8 Å². The highest BCUT2D eigenvalue weighted by Crippen LogP contribution is 2.26. The Labute approximate surface area is 100.0 Å². The van der Waals surface area contributed by atoms with Gasteiger partial charge in [-0.3, -0.25) is 0 Å². The number of carbonyl (C=O) groups is 1. The van der Waals surface area contributed by atoms with Gasteiger partial charge in [-0.1, -0.05) is 12.1 Å². The lowest BCUT2D eigenvalue weighted by molar-refractivity contribution is -0.131. The molecule has 0 amide bonds. The molecule has 1 aromatic heterocycles. The standard InChI is InChI=1S/C14H15NO2/c1-9-4-5-12-11(6-7-14(16)17)10(2)15(3)13(12)8-9/h4-8H,1-3H3,(H,16,17)/b7-6+. The van der Waals surface area contributed by atoms with Crippen molar-refractivity contribution >= 4 is 22.9 Å². The number of carboxylic acid groups (broad SMARTS) is 1. The van der Waals surface area contributed by atoms with Crippen molar-refractivity contribution in [2.24, 2.45) is 7.05 Å². The van der Waals surface area contributed by atoms with E-state index in [-0.39, 0.29) is 0 Å². The number of rotatable bonds is 2. The summed E-state index contributed by atoms with van der Waals surface area (Å²) in [5.74, 6) is -0.923. The van der Waals surface area contributed by atoms with E-state index in [0.717, 1.165) is 22.2 Å². The highest BCUT2D eigenvalue weighted by molar-refractivity contribution is 5.95. The summed E-state index contributed by atoms with van der Waals surface area (Å²) in [5.41, 5.74) is 4.38. The van der Waals surface area contributed by atoms with E-state index in [4.69, 9.17) is 5.11 Å². The van der Waals surface area contributed by atoms with Gasteiger partial charge in [-0.25, -0.2) is 4.79 Å². The fraction of sp³-hybridized carbons (Fsp3) is 0.214. The summed E-state index contributed by atoms with van der Waals surface area (Å²) in [5, 5.41) is 9.79. The Morgan fingerprint density at radius 3 is 2.71 bits per heavy atom. The van der Waals surface area contributed by atoms with Gasteiger partial charge in [0.1, 0.15) is 0 Å². The Bertz CT molecular complexity index is 621. The zero-order valence-corrected chi connectivity index (χ0v) is 10.2. The van der Waals surface area contributed by atoms with E-state index >= 15 is 0 Å². The largest absolute Gasteiger partial charge is 0.478 e. The number of aliphatic carboxylic acids is 1. The number of fused-ring (bicyclic) bond motifs is 1. The number of aryl methyl sites for hydroxylation is 2. The smallest absolute Gasteiger partial charge is 0.328 e. The van der Waals surface area contributed by atoms with Gasteiger partial charge < -0.3 is 9.67 Å². The molecule has 0 aliphatic heterocycles. The molecule has 3 heteroatoms. The number of carboxylic acids is 1. The first kappa shape index (κ1) is 11.5. The van der Waals surface area contributed by atoms with Crippen LogP contribution in [0.1, 0.15) is 16.8 Å². The molecule has 0 aliphatic carbocycles. The fourth-order valence-electron chi connectivity index (χ4n) is 2.07. The van der Waals surface area contributed by atoms with Crippen LogP contribution in [0.3, 0.4) is 0 Å². The molecule has 17 heavy (non-hydrogen) atoms. The van der Waals surface area contributed by atoms with Gasteiger partial charge in [-0.2, -0.15) is 0 Å². The van der Waals surface area contributed by atoms with E-state index in [9.17, 15) is 4.79 Å². The van der Waals surface area contributed by atoms with Crippen molar-refractivity contribution in [3.05, 3.63) is 41.1 Å². The van der Waals surface area contributed by atoms with Crippen molar-refractivity contribution < 1.29 is 9.90 Å². The van der Waals surface area contributed by atoms with Gasteiger partial charge in [0.15, 0.2) is 0 Å². The highest BCUT2D eigenvalue weighted by atomic mass is 16.4. The number of nitrogens with zero attached hydrogens (tertiary/aromatic N) is 1.